The number of amides is 4. The molecule has 12 heteroatoms. The maximum Gasteiger partial charge on any atom is 0.327 e. The van der Waals surface area contributed by atoms with Crippen LogP contribution in [0.3, 0.4) is 0 Å². The minimum Gasteiger partial charge on any atom is -0.480 e. The lowest BCUT2D eigenvalue weighted by atomic mass is 9.95. The van der Waals surface area contributed by atoms with Gasteiger partial charge in [0.1, 0.15) is 23.5 Å². The van der Waals surface area contributed by atoms with E-state index in [0.717, 1.165) is 12.8 Å². The van der Waals surface area contributed by atoms with Crippen molar-refractivity contribution in [3.05, 3.63) is 35.9 Å². The molecule has 3 rings (SSSR count). The number of carboxylic acid groups (broad SMARTS) is 1. The number of thioether (sulfide) groups is 1. The summed E-state index contributed by atoms with van der Waals surface area (Å²) in [7, 11) is 0. The number of nitrogens with zero attached hydrogens (tertiary/aromatic N) is 1. The Morgan fingerprint density at radius 3 is 2.44 bits per heavy atom. The Kier molecular flexibility index (Phi) is 8.62. The molecule has 2 saturated heterocycles. The summed E-state index contributed by atoms with van der Waals surface area (Å²) in [5.41, 5.74) is 6.40. The van der Waals surface area contributed by atoms with Gasteiger partial charge in [-0.25, -0.2) is 4.79 Å². The van der Waals surface area contributed by atoms with E-state index in [1.807, 2.05) is 6.92 Å². The molecule has 5 atom stereocenters. The van der Waals surface area contributed by atoms with E-state index in [-0.39, 0.29) is 12.3 Å². The molecule has 0 radical (unpaired) electrons. The third kappa shape index (κ3) is 5.81. The first-order valence-electron chi connectivity index (χ1n) is 11.9. The highest BCUT2D eigenvalue weighted by Crippen LogP contribution is 2.50. The first kappa shape index (κ1) is 27.5. The first-order valence-corrected chi connectivity index (χ1v) is 12.8. The van der Waals surface area contributed by atoms with Gasteiger partial charge in [-0.15, -0.1) is 11.8 Å². The Bertz CT molecular complexity index is 1020. The van der Waals surface area contributed by atoms with Gasteiger partial charge in [0.15, 0.2) is 0 Å². The predicted octanol–water partition coefficient (Wildman–Crippen LogP) is 0.109. The van der Waals surface area contributed by atoms with E-state index < -0.39 is 58.0 Å². The second-order valence-corrected chi connectivity index (χ2v) is 11.2. The van der Waals surface area contributed by atoms with Crippen LogP contribution in [0.25, 0.3) is 0 Å². The second kappa shape index (κ2) is 11.3. The summed E-state index contributed by atoms with van der Waals surface area (Å²) in [6.07, 6.45) is 1.49. The number of nitrogens with two attached hydrogens (primary N) is 1. The highest BCUT2D eigenvalue weighted by molar-refractivity contribution is 8.01. The molecule has 1 aromatic carbocycles. The Balaban J connectivity index is 1.69. The number of fused-ring (bicyclic) bond motifs is 1. The van der Waals surface area contributed by atoms with Crippen molar-refractivity contribution >= 4 is 41.4 Å². The van der Waals surface area contributed by atoms with Crippen LogP contribution in [-0.4, -0.2) is 74.4 Å². The van der Waals surface area contributed by atoms with Crippen LogP contribution in [0.2, 0.25) is 0 Å². The molecule has 2 unspecified atom stereocenters. The average molecular weight is 520 g/mol. The number of aliphatic carboxylic acids is 1. The van der Waals surface area contributed by atoms with Gasteiger partial charge in [-0.3, -0.25) is 19.2 Å². The molecular formula is C24H33N5O6S. The van der Waals surface area contributed by atoms with Gasteiger partial charge in [0, 0.05) is 11.3 Å². The van der Waals surface area contributed by atoms with E-state index in [4.69, 9.17) is 5.73 Å². The molecule has 0 aromatic heterocycles. The van der Waals surface area contributed by atoms with Crippen LogP contribution in [0.5, 0.6) is 0 Å². The van der Waals surface area contributed by atoms with Gasteiger partial charge in [0.25, 0.3) is 0 Å². The summed E-state index contributed by atoms with van der Waals surface area (Å²) in [6.45, 7) is 5.97. The Hall–Kier alpha value is -3.12. The van der Waals surface area contributed by atoms with Crippen molar-refractivity contribution in [3.63, 3.8) is 0 Å². The molecule has 2 aliphatic rings. The molecule has 2 aliphatic heterocycles. The third-order valence-electron chi connectivity index (χ3n) is 6.25. The number of carbonyl (C=O) groups is 5. The fourth-order valence-corrected chi connectivity index (χ4v) is 5.97. The van der Waals surface area contributed by atoms with Crippen LogP contribution >= 0.6 is 11.8 Å². The van der Waals surface area contributed by atoms with Gasteiger partial charge in [0.05, 0.1) is 12.5 Å². The number of carboxylic acids is 1. The van der Waals surface area contributed by atoms with Crippen LogP contribution in [0.4, 0.5) is 0 Å². The van der Waals surface area contributed by atoms with Crippen molar-refractivity contribution in [2.75, 3.05) is 6.54 Å². The number of nitrogens with one attached hydrogen (secondary N) is 3. The lowest BCUT2D eigenvalue weighted by Crippen LogP contribution is -2.71. The van der Waals surface area contributed by atoms with Gasteiger partial charge in [-0.1, -0.05) is 43.7 Å². The Labute approximate surface area is 213 Å². The minimum absolute atomic E-state index is 0.237. The quantitative estimate of drug-likeness (QED) is 0.202. The summed E-state index contributed by atoms with van der Waals surface area (Å²) >= 11 is 1.31. The van der Waals surface area contributed by atoms with Gasteiger partial charge in [0.2, 0.25) is 23.6 Å². The zero-order valence-corrected chi connectivity index (χ0v) is 21.3. The third-order valence-corrected chi connectivity index (χ3v) is 7.82. The van der Waals surface area contributed by atoms with Crippen molar-refractivity contribution in [2.45, 2.75) is 74.3 Å². The molecule has 4 amide bonds. The summed E-state index contributed by atoms with van der Waals surface area (Å²) in [5.74, 6) is -3.27. The topological polar surface area (TPSA) is 171 Å². The maximum atomic E-state index is 13.3. The fraction of sp³-hybridized carbons (Fsp3) is 0.542. The zero-order valence-electron chi connectivity index (χ0n) is 20.5. The minimum atomic E-state index is -1.17. The van der Waals surface area contributed by atoms with Crippen LogP contribution in [-0.2, 0) is 24.0 Å². The SMILES string of the molecule is CCCCNC(=O)CC(N)C(=O)NC(C(=O)N[C@@H]1C(=O)N2[C@@H]1SC(C)(C)[C@@H]2C(=O)O)c1ccccc1. The summed E-state index contributed by atoms with van der Waals surface area (Å²) in [6, 6.07) is 4.19. The molecule has 0 bridgehead atoms. The highest BCUT2D eigenvalue weighted by atomic mass is 32.2. The molecular weight excluding hydrogens is 486 g/mol. The van der Waals surface area contributed by atoms with Crippen LogP contribution in [0, 0.1) is 0 Å². The molecule has 0 spiro atoms. The summed E-state index contributed by atoms with van der Waals surface area (Å²) < 4.78 is -0.733. The lowest BCUT2D eigenvalue weighted by Gasteiger charge is -2.44. The van der Waals surface area contributed by atoms with Crippen LogP contribution in [0.15, 0.2) is 30.3 Å². The van der Waals surface area contributed by atoms with E-state index in [0.29, 0.717) is 12.1 Å². The molecule has 196 valence electrons. The van der Waals surface area contributed by atoms with Crippen molar-refractivity contribution in [1.82, 2.24) is 20.9 Å². The van der Waals surface area contributed by atoms with Gasteiger partial charge < -0.3 is 31.7 Å². The normalized spacial score (nSPS) is 23.6. The molecule has 6 N–H and O–H groups in total. The smallest absolute Gasteiger partial charge is 0.327 e. The summed E-state index contributed by atoms with van der Waals surface area (Å²) in [5, 5.41) is 17.0. The molecule has 11 nitrogen and oxygen atoms in total. The molecule has 1 aromatic rings. The number of benzene rings is 1. The first-order chi connectivity index (χ1) is 17.0. The Morgan fingerprint density at radius 1 is 1.17 bits per heavy atom. The van der Waals surface area contributed by atoms with Gasteiger partial charge in [-0.2, -0.15) is 0 Å². The van der Waals surface area contributed by atoms with Crippen molar-refractivity contribution in [1.29, 1.82) is 0 Å². The maximum absolute atomic E-state index is 13.3. The van der Waals surface area contributed by atoms with E-state index >= 15 is 0 Å². The molecule has 0 saturated carbocycles. The van der Waals surface area contributed by atoms with Crippen molar-refractivity contribution < 1.29 is 29.1 Å². The van der Waals surface area contributed by atoms with Gasteiger partial charge in [-0.05, 0) is 25.8 Å². The second-order valence-electron chi connectivity index (χ2n) is 9.45. The zero-order chi connectivity index (χ0) is 26.6. The number of rotatable bonds is 11. The van der Waals surface area contributed by atoms with E-state index in [1.54, 1.807) is 44.2 Å². The number of β-lactam (4-membered cyclic amide) rings is 1. The van der Waals surface area contributed by atoms with Crippen molar-refractivity contribution in [2.24, 2.45) is 5.73 Å². The standard InChI is InChI=1S/C24H33N5O6S/c1-4-5-11-26-15(30)12-14(25)19(31)27-16(13-9-7-6-8-10-13)20(32)28-17-21(33)29-18(23(34)35)24(2,3)36-22(17)29/h6-10,14,16-18,22H,4-5,11-12,25H2,1-3H3,(H,26,30)(H,27,31)(H,28,32)(H,34,35)/t14?,16?,17-,18+,22-/m1/s1. The predicted molar refractivity (Wildman–Crippen MR) is 133 cm³/mol. The Morgan fingerprint density at radius 2 is 1.83 bits per heavy atom. The fourth-order valence-electron chi connectivity index (χ4n) is 4.35. The summed E-state index contributed by atoms with van der Waals surface area (Å²) in [4.78, 5) is 63.9. The number of hydrogen-bond donors (Lipinski definition) is 5. The van der Waals surface area contributed by atoms with Crippen molar-refractivity contribution in [3.8, 4) is 0 Å². The van der Waals surface area contributed by atoms with Gasteiger partial charge >= 0.3 is 5.97 Å². The number of carbonyl (C=O) groups excluding carboxylic acids is 4. The number of hydrogen-bond acceptors (Lipinski definition) is 7. The molecule has 0 aliphatic carbocycles. The molecule has 2 fully saturated rings. The van der Waals surface area contributed by atoms with E-state index in [1.165, 1.54) is 16.7 Å². The molecule has 2 heterocycles. The van der Waals surface area contributed by atoms with E-state index in [9.17, 15) is 29.1 Å². The number of unbranched alkanes of at least 4 members (excludes halogenated alkanes) is 1. The molecule has 36 heavy (non-hydrogen) atoms. The monoisotopic (exact) mass is 519 g/mol. The van der Waals surface area contributed by atoms with Crippen LogP contribution in [0.1, 0.15) is 51.6 Å². The largest absolute Gasteiger partial charge is 0.480 e. The van der Waals surface area contributed by atoms with Crippen LogP contribution < -0.4 is 21.7 Å². The highest BCUT2D eigenvalue weighted by Gasteiger charge is 2.64. The van der Waals surface area contributed by atoms with E-state index in [2.05, 4.69) is 16.0 Å². The lowest BCUT2D eigenvalue weighted by molar-refractivity contribution is -0.161. The average Bonchev–Trinajstić information content (AvgIpc) is 3.09.